The van der Waals surface area contributed by atoms with E-state index in [0.717, 1.165) is 5.56 Å². The average Bonchev–Trinajstić information content (AvgIpc) is 2.62. The van der Waals surface area contributed by atoms with Crippen molar-refractivity contribution in [3.05, 3.63) is 70.1 Å². The molecule has 0 N–H and O–H groups in total. The highest BCUT2D eigenvalue weighted by atomic mass is 16.5. The van der Waals surface area contributed by atoms with E-state index in [1.54, 1.807) is 30.3 Å². The predicted octanol–water partition coefficient (Wildman–Crippen LogP) is 4.32. The van der Waals surface area contributed by atoms with E-state index in [0.29, 0.717) is 16.5 Å². The lowest BCUT2D eigenvalue weighted by Gasteiger charge is -2.15. The van der Waals surface area contributed by atoms with E-state index in [-0.39, 0.29) is 23.2 Å². The van der Waals surface area contributed by atoms with Gasteiger partial charge in [-0.2, -0.15) is 5.10 Å². The van der Waals surface area contributed by atoms with Crippen molar-refractivity contribution in [2.75, 3.05) is 0 Å². The quantitative estimate of drug-likeness (QED) is 0.519. The number of hydrogen-bond acceptors (Lipinski definition) is 4. The molecule has 5 nitrogen and oxygen atoms in total. The molecule has 0 unspecified atom stereocenters. The highest BCUT2D eigenvalue weighted by molar-refractivity contribution is 6.02. The Morgan fingerprint density at radius 3 is 2.23 bits per heavy atom. The fourth-order valence-corrected chi connectivity index (χ4v) is 2.91. The van der Waals surface area contributed by atoms with Crippen LogP contribution in [0.25, 0.3) is 10.8 Å². The van der Waals surface area contributed by atoms with Crippen molar-refractivity contribution >= 4 is 16.7 Å². The Hall–Kier alpha value is -2.95. The summed E-state index contributed by atoms with van der Waals surface area (Å²) >= 11 is 0. The standard InChI is InChI=1S/C21H22N2O3/c1-13(2)15-9-7-8-12-18(15)26-21(25)19-16-10-5-6-11-17(16)20(24)23(22-19)14(3)4/h5-14H,1-4H3. The highest BCUT2D eigenvalue weighted by Crippen LogP contribution is 2.27. The van der Waals surface area contributed by atoms with Crippen LogP contribution in [0.3, 0.4) is 0 Å². The number of ether oxygens (including phenoxy) is 1. The number of rotatable bonds is 4. The summed E-state index contributed by atoms with van der Waals surface area (Å²) in [5.74, 6) is 0.165. The Labute approximate surface area is 152 Å². The van der Waals surface area contributed by atoms with Crippen molar-refractivity contribution in [1.82, 2.24) is 9.78 Å². The molecule has 1 aromatic heterocycles. The molecule has 3 aromatic rings. The Balaban J connectivity index is 2.12. The molecule has 0 saturated heterocycles. The minimum Gasteiger partial charge on any atom is -0.421 e. The second-order valence-corrected chi connectivity index (χ2v) is 6.82. The minimum atomic E-state index is -0.566. The molecule has 5 heteroatoms. The molecule has 0 spiro atoms. The molecular formula is C21H22N2O3. The minimum absolute atomic E-state index is 0.146. The van der Waals surface area contributed by atoms with Gasteiger partial charge in [-0.3, -0.25) is 4.79 Å². The molecule has 0 aliphatic heterocycles. The van der Waals surface area contributed by atoms with E-state index in [9.17, 15) is 9.59 Å². The average molecular weight is 350 g/mol. The number of fused-ring (bicyclic) bond motifs is 1. The van der Waals surface area contributed by atoms with Crippen LogP contribution in [0.4, 0.5) is 0 Å². The number of aromatic nitrogens is 2. The zero-order valence-corrected chi connectivity index (χ0v) is 15.4. The normalized spacial score (nSPS) is 11.3. The summed E-state index contributed by atoms with van der Waals surface area (Å²) in [5, 5.41) is 5.26. The molecule has 134 valence electrons. The first-order chi connectivity index (χ1) is 12.4. The third-order valence-corrected chi connectivity index (χ3v) is 4.25. The van der Waals surface area contributed by atoms with E-state index in [4.69, 9.17) is 4.74 Å². The summed E-state index contributed by atoms with van der Waals surface area (Å²) in [6.07, 6.45) is 0. The molecule has 0 amide bonds. The van der Waals surface area contributed by atoms with Crippen LogP contribution in [0.5, 0.6) is 5.75 Å². The van der Waals surface area contributed by atoms with E-state index in [1.807, 2.05) is 45.9 Å². The third-order valence-electron chi connectivity index (χ3n) is 4.25. The molecule has 0 aliphatic carbocycles. The van der Waals surface area contributed by atoms with Crippen molar-refractivity contribution in [2.24, 2.45) is 0 Å². The number of para-hydroxylation sites is 1. The largest absolute Gasteiger partial charge is 0.421 e. The van der Waals surface area contributed by atoms with Gasteiger partial charge in [-0.15, -0.1) is 0 Å². The summed E-state index contributed by atoms with van der Waals surface area (Å²) in [4.78, 5) is 25.5. The summed E-state index contributed by atoms with van der Waals surface area (Å²) in [7, 11) is 0. The van der Waals surface area contributed by atoms with E-state index in [1.165, 1.54) is 4.68 Å². The molecule has 0 atom stereocenters. The smallest absolute Gasteiger partial charge is 0.364 e. The van der Waals surface area contributed by atoms with E-state index < -0.39 is 5.97 Å². The van der Waals surface area contributed by atoms with Crippen molar-refractivity contribution in [3.8, 4) is 5.75 Å². The van der Waals surface area contributed by atoms with Gasteiger partial charge in [-0.1, -0.05) is 50.2 Å². The lowest BCUT2D eigenvalue weighted by atomic mass is 10.0. The molecule has 2 aromatic carbocycles. The summed E-state index contributed by atoms with van der Waals surface area (Å²) in [5.41, 5.74) is 0.879. The summed E-state index contributed by atoms with van der Waals surface area (Å²) < 4.78 is 6.99. The fourth-order valence-electron chi connectivity index (χ4n) is 2.91. The monoisotopic (exact) mass is 350 g/mol. The van der Waals surface area contributed by atoms with Crippen LogP contribution in [-0.2, 0) is 0 Å². The first kappa shape index (κ1) is 17.9. The van der Waals surface area contributed by atoms with Gasteiger partial charge in [0.1, 0.15) is 5.75 Å². The van der Waals surface area contributed by atoms with Gasteiger partial charge in [-0.05, 0) is 37.5 Å². The zero-order valence-electron chi connectivity index (χ0n) is 15.4. The molecule has 0 aliphatic rings. The van der Waals surface area contributed by atoms with Crippen molar-refractivity contribution in [3.63, 3.8) is 0 Å². The maximum Gasteiger partial charge on any atom is 0.364 e. The molecule has 0 saturated carbocycles. The van der Waals surface area contributed by atoms with Gasteiger partial charge in [0.25, 0.3) is 5.56 Å². The molecule has 1 heterocycles. The van der Waals surface area contributed by atoms with Crippen LogP contribution in [0, 0.1) is 0 Å². The lowest BCUT2D eigenvalue weighted by molar-refractivity contribution is 0.0726. The fraction of sp³-hybridized carbons (Fsp3) is 0.286. The maximum atomic E-state index is 12.9. The Morgan fingerprint density at radius 2 is 1.58 bits per heavy atom. The number of carbonyl (C=O) groups excluding carboxylic acids is 1. The van der Waals surface area contributed by atoms with Gasteiger partial charge >= 0.3 is 5.97 Å². The summed E-state index contributed by atoms with van der Waals surface area (Å²) in [6, 6.07) is 14.3. The molecule has 3 rings (SSSR count). The zero-order chi connectivity index (χ0) is 18.8. The Bertz CT molecular complexity index is 1020. The molecule has 0 radical (unpaired) electrons. The second-order valence-electron chi connectivity index (χ2n) is 6.82. The van der Waals surface area contributed by atoms with Crippen LogP contribution in [0.2, 0.25) is 0 Å². The predicted molar refractivity (Wildman–Crippen MR) is 102 cm³/mol. The Morgan fingerprint density at radius 1 is 0.962 bits per heavy atom. The van der Waals surface area contributed by atoms with Crippen LogP contribution in [0.1, 0.15) is 55.7 Å². The van der Waals surface area contributed by atoms with Crippen LogP contribution in [0.15, 0.2) is 53.3 Å². The van der Waals surface area contributed by atoms with E-state index >= 15 is 0 Å². The van der Waals surface area contributed by atoms with Crippen LogP contribution < -0.4 is 10.3 Å². The molecule has 26 heavy (non-hydrogen) atoms. The summed E-state index contributed by atoms with van der Waals surface area (Å²) in [6.45, 7) is 7.79. The lowest BCUT2D eigenvalue weighted by Crippen LogP contribution is -2.28. The van der Waals surface area contributed by atoms with Crippen molar-refractivity contribution < 1.29 is 9.53 Å². The molecule has 0 bridgehead atoms. The molecular weight excluding hydrogens is 328 g/mol. The first-order valence-corrected chi connectivity index (χ1v) is 8.72. The van der Waals surface area contributed by atoms with Gasteiger partial charge in [0, 0.05) is 5.39 Å². The number of carbonyl (C=O) groups is 1. The second kappa shape index (κ2) is 7.12. The van der Waals surface area contributed by atoms with Gasteiger partial charge in [-0.25, -0.2) is 9.48 Å². The third kappa shape index (κ3) is 3.25. The van der Waals surface area contributed by atoms with Gasteiger partial charge in [0.05, 0.1) is 11.4 Å². The van der Waals surface area contributed by atoms with Gasteiger partial charge in [0.15, 0.2) is 5.69 Å². The number of nitrogens with zero attached hydrogens (tertiary/aromatic N) is 2. The number of esters is 1. The number of benzene rings is 2. The topological polar surface area (TPSA) is 61.2 Å². The van der Waals surface area contributed by atoms with Crippen LogP contribution >= 0.6 is 0 Å². The van der Waals surface area contributed by atoms with Crippen molar-refractivity contribution in [1.29, 1.82) is 0 Å². The van der Waals surface area contributed by atoms with E-state index in [2.05, 4.69) is 5.10 Å². The SMILES string of the molecule is CC(C)c1ccccc1OC(=O)c1nn(C(C)C)c(=O)c2ccccc12. The maximum absolute atomic E-state index is 12.9. The van der Waals surface area contributed by atoms with Crippen LogP contribution in [-0.4, -0.2) is 15.7 Å². The highest BCUT2D eigenvalue weighted by Gasteiger charge is 2.20. The van der Waals surface area contributed by atoms with Gasteiger partial charge in [0.2, 0.25) is 0 Å². The van der Waals surface area contributed by atoms with Gasteiger partial charge < -0.3 is 4.74 Å². The molecule has 0 fully saturated rings. The number of hydrogen-bond donors (Lipinski definition) is 0. The first-order valence-electron chi connectivity index (χ1n) is 8.72. The Kier molecular flexibility index (Phi) is 4.89. The van der Waals surface area contributed by atoms with Crippen molar-refractivity contribution in [2.45, 2.75) is 39.7 Å².